The van der Waals surface area contributed by atoms with E-state index in [0.29, 0.717) is 0 Å². The van der Waals surface area contributed by atoms with Crippen molar-refractivity contribution in [2.75, 3.05) is 7.05 Å². The fraction of sp³-hybridized carbons (Fsp3) is 0.700. The van der Waals surface area contributed by atoms with Gasteiger partial charge in [-0.25, -0.2) is 0 Å². The third-order valence-electron chi connectivity index (χ3n) is 2.88. The molecular weight excluding hydrogens is 244 g/mol. The predicted octanol–water partition coefficient (Wildman–Crippen LogP) is 2.81. The van der Waals surface area contributed by atoms with E-state index in [-0.39, 0.29) is 0 Å². The summed E-state index contributed by atoms with van der Waals surface area (Å²) in [6.07, 6.45) is 5.39. The number of nitrogens with zero attached hydrogens (tertiary/aromatic N) is 2. The maximum absolute atomic E-state index is 5.16. The summed E-state index contributed by atoms with van der Waals surface area (Å²) in [6.45, 7) is 0.864. The molecule has 14 heavy (non-hydrogen) atoms. The first-order valence-corrected chi connectivity index (χ1v) is 5.86. The Hall–Kier alpha value is -0.350. The molecule has 3 nitrogen and oxygen atoms in total. The van der Waals surface area contributed by atoms with Crippen LogP contribution in [-0.2, 0) is 6.54 Å². The summed E-state index contributed by atoms with van der Waals surface area (Å²) < 4.78 is 5.94. The van der Waals surface area contributed by atoms with Crippen LogP contribution in [0.15, 0.2) is 15.2 Å². The van der Waals surface area contributed by atoms with Crippen molar-refractivity contribution in [1.82, 2.24) is 10.1 Å². The second kappa shape index (κ2) is 4.45. The molecule has 0 spiro atoms. The zero-order valence-electron chi connectivity index (χ0n) is 8.37. The van der Waals surface area contributed by atoms with E-state index in [1.807, 2.05) is 6.07 Å². The SMILES string of the molecule is CN(Cc1cc(Br)no1)C1CCCC1. The second-order valence-corrected chi connectivity index (χ2v) is 4.78. The minimum Gasteiger partial charge on any atom is -0.359 e. The van der Waals surface area contributed by atoms with Gasteiger partial charge in [0.1, 0.15) is 4.60 Å². The van der Waals surface area contributed by atoms with Gasteiger partial charge in [0, 0.05) is 12.1 Å². The van der Waals surface area contributed by atoms with Gasteiger partial charge in [-0.2, -0.15) is 0 Å². The molecule has 78 valence electrons. The lowest BCUT2D eigenvalue weighted by Crippen LogP contribution is -2.28. The molecular formula is C10H15BrN2O. The largest absolute Gasteiger partial charge is 0.359 e. The summed E-state index contributed by atoms with van der Waals surface area (Å²) in [5.41, 5.74) is 0. The number of rotatable bonds is 3. The zero-order valence-corrected chi connectivity index (χ0v) is 9.96. The lowest BCUT2D eigenvalue weighted by Gasteiger charge is -2.22. The van der Waals surface area contributed by atoms with E-state index in [1.165, 1.54) is 25.7 Å². The van der Waals surface area contributed by atoms with Crippen LogP contribution in [-0.4, -0.2) is 23.1 Å². The molecule has 1 aromatic rings. The Morgan fingerprint density at radius 2 is 2.29 bits per heavy atom. The Kier molecular flexibility index (Phi) is 3.23. The highest BCUT2D eigenvalue weighted by Crippen LogP contribution is 2.24. The highest BCUT2D eigenvalue weighted by molar-refractivity contribution is 9.10. The van der Waals surface area contributed by atoms with Crippen LogP contribution in [0.1, 0.15) is 31.4 Å². The molecule has 1 fully saturated rings. The third-order valence-corrected chi connectivity index (χ3v) is 3.26. The Bertz CT molecular complexity index is 294. The molecule has 0 unspecified atom stereocenters. The minimum atomic E-state index is 0.735. The minimum absolute atomic E-state index is 0.735. The van der Waals surface area contributed by atoms with Crippen molar-refractivity contribution < 1.29 is 4.52 Å². The molecule has 0 bridgehead atoms. The van der Waals surface area contributed by atoms with Crippen molar-refractivity contribution in [3.63, 3.8) is 0 Å². The van der Waals surface area contributed by atoms with Crippen LogP contribution >= 0.6 is 15.9 Å². The molecule has 1 saturated carbocycles. The fourth-order valence-electron chi connectivity index (χ4n) is 2.08. The van der Waals surface area contributed by atoms with Crippen molar-refractivity contribution in [2.45, 2.75) is 38.3 Å². The molecule has 0 aromatic carbocycles. The van der Waals surface area contributed by atoms with Crippen LogP contribution in [0.5, 0.6) is 0 Å². The molecule has 0 saturated heterocycles. The summed E-state index contributed by atoms with van der Waals surface area (Å²) in [7, 11) is 2.16. The quantitative estimate of drug-likeness (QED) is 0.835. The van der Waals surface area contributed by atoms with E-state index >= 15 is 0 Å². The lowest BCUT2D eigenvalue weighted by atomic mass is 10.2. The van der Waals surface area contributed by atoms with E-state index in [4.69, 9.17) is 4.52 Å². The number of aromatic nitrogens is 1. The van der Waals surface area contributed by atoms with E-state index in [9.17, 15) is 0 Å². The van der Waals surface area contributed by atoms with Gasteiger partial charge in [0.15, 0.2) is 5.76 Å². The molecule has 0 N–H and O–H groups in total. The van der Waals surface area contributed by atoms with Crippen LogP contribution in [0.3, 0.4) is 0 Å². The lowest BCUT2D eigenvalue weighted by molar-refractivity contribution is 0.209. The summed E-state index contributed by atoms with van der Waals surface area (Å²) in [4.78, 5) is 2.36. The van der Waals surface area contributed by atoms with Crippen molar-refractivity contribution in [3.05, 3.63) is 16.4 Å². The van der Waals surface area contributed by atoms with Crippen LogP contribution < -0.4 is 0 Å². The van der Waals surface area contributed by atoms with Crippen molar-refractivity contribution in [2.24, 2.45) is 0 Å². The van der Waals surface area contributed by atoms with Gasteiger partial charge < -0.3 is 4.52 Å². The maximum Gasteiger partial charge on any atom is 0.151 e. The second-order valence-electron chi connectivity index (χ2n) is 3.97. The van der Waals surface area contributed by atoms with E-state index in [0.717, 1.165) is 23.0 Å². The summed E-state index contributed by atoms with van der Waals surface area (Å²) in [5, 5.41) is 3.81. The van der Waals surface area contributed by atoms with Crippen LogP contribution in [0.25, 0.3) is 0 Å². The Balaban J connectivity index is 1.90. The molecule has 1 aliphatic rings. The predicted molar refractivity (Wildman–Crippen MR) is 57.9 cm³/mol. The van der Waals surface area contributed by atoms with Crippen molar-refractivity contribution in [1.29, 1.82) is 0 Å². The first kappa shape index (κ1) is 10.2. The van der Waals surface area contributed by atoms with Crippen molar-refractivity contribution >= 4 is 15.9 Å². The third kappa shape index (κ3) is 2.36. The Morgan fingerprint density at radius 3 is 2.86 bits per heavy atom. The van der Waals surface area contributed by atoms with Gasteiger partial charge in [0.25, 0.3) is 0 Å². The van der Waals surface area contributed by atoms with Gasteiger partial charge in [-0.3, -0.25) is 4.90 Å². The standard InChI is InChI=1S/C10H15BrN2O/c1-13(8-4-2-3-5-8)7-9-6-10(11)12-14-9/h6,8H,2-5,7H2,1H3. The molecule has 1 heterocycles. The molecule has 1 aliphatic carbocycles. The molecule has 0 amide bonds. The van der Waals surface area contributed by atoms with Gasteiger partial charge in [0.2, 0.25) is 0 Å². The smallest absolute Gasteiger partial charge is 0.151 e. The first-order chi connectivity index (χ1) is 6.75. The summed E-state index contributed by atoms with van der Waals surface area (Å²) >= 11 is 3.28. The van der Waals surface area contributed by atoms with Gasteiger partial charge in [-0.15, -0.1) is 0 Å². The normalized spacial score (nSPS) is 18.2. The first-order valence-electron chi connectivity index (χ1n) is 5.07. The highest BCUT2D eigenvalue weighted by atomic mass is 79.9. The molecule has 0 radical (unpaired) electrons. The monoisotopic (exact) mass is 258 g/mol. The topological polar surface area (TPSA) is 29.3 Å². The number of hydrogen-bond acceptors (Lipinski definition) is 3. The summed E-state index contributed by atoms with van der Waals surface area (Å²) in [6, 6.07) is 2.67. The Labute approximate surface area is 92.6 Å². The van der Waals surface area contributed by atoms with E-state index in [2.05, 4.69) is 33.0 Å². The van der Waals surface area contributed by atoms with Gasteiger partial charge in [-0.1, -0.05) is 18.0 Å². The number of halogens is 1. The molecule has 1 aromatic heterocycles. The number of hydrogen-bond donors (Lipinski definition) is 0. The van der Waals surface area contributed by atoms with Crippen molar-refractivity contribution in [3.8, 4) is 0 Å². The summed E-state index contributed by atoms with van der Waals surface area (Å²) in [5.74, 6) is 0.936. The molecule has 0 aliphatic heterocycles. The molecule has 0 atom stereocenters. The molecule has 4 heteroatoms. The zero-order chi connectivity index (χ0) is 9.97. The maximum atomic E-state index is 5.16. The Morgan fingerprint density at radius 1 is 1.57 bits per heavy atom. The fourth-order valence-corrected chi connectivity index (χ4v) is 2.41. The van der Waals surface area contributed by atoms with Gasteiger partial charge >= 0.3 is 0 Å². The van der Waals surface area contributed by atoms with Crippen LogP contribution in [0, 0.1) is 0 Å². The highest BCUT2D eigenvalue weighted by Gasteiger charge is 2.20. The van der Waals surface area contributed by atoms with E-state index < -0.39 is 0 Å². The van der Waals surface area contributed by atoms with Gasteiger partial charge in [0.05, 0.1) is 6.54 Å². The molecule has 2 rings (SSSR count). The average molecular weight is 259 g/mol. The van der Waals surface area contributed by atoms with E-state index in [1.54, 1.807) is 0 Å². The van der Waals surface area contributed by atoms with Crippen LogP contribution in [0.4, 0.5) is 0 Å². The van der Waals surface area contributed by atoms with Gasteiger partial charge in [-0.05, 0) is 35.8 Å². The van der Waals surface area contributed by atoms with Crippen LogP contribution in [0.2, 0.25) is 0 Å². The average Bonchev–Trinajstić information content (AvgIpc) is 2.75.